The van der Waals surface area contributed by atoms with Crippen LogP contribution >= 0.6 is 11.8 Å². The molecule has 0 fully saturated rings. The molecule has 0 bridgehead atoms. The maximum Gasteiger partial charge on any atom is 0.250 e. The SMILES string of the molecule is COc1cc(-c2nnc(SCC(=O)N/N=C/c3c(C)cc(C)cc3C)n2-c2ccccc2)cc(OC)c1OC. The number of thioether (sulfide) groups is 1. The largest absolute Gasteiger partial charge is 0.493 e. The Bertz CT molecular complexity index is 1450. The molecule has 0 spiro atoms. The van der Waals surface area contributed by atoms with Crippen molar-refractivity contribution in [1.29, 1.82) is 0 Å². The highest BCUT2D eigenvalue weighted by Gasteiger charge is 2.21. The fourth-order valence-corrected chi connectivity index (χ4v) is 5.04. The Labute approximate surface area is 232 Å². The molecule has 0 saturated carbocycles. The van der Waals surface area contributed by atoms with Gasteiger partial charge in [0.25, 0.3) is 5.91 Å². The van der Waals surface area contributed by atoms with E-state index in [0.717, 1.165) is 22.4 Å². The molecule has 1 amide bonds. The lowest BCUT2D eigenvalue weighted by atomic mass is 10.0. The van der Waals surface area contributed by atoms with E-state index in [2.05, 4.69) is 39.8 Å². The Balaban J connectivity index is 1.59. The minimum atomic E-state index is -0.254. The molecule has 1 aromatic heterocycles. The highest BCUT2D eigenvalue weighted by molar-refractivity contribution is 7.99. The van der Waals surface area contributed by atoms with Crippen molar-refractivity contribution in [3.05, 3.63) is 76.9 Å². The Kier molecular flexibility index (Phi) is 8.88. The van der Waals surface area contributed by atoms with Crippen LogP contribution in [0, 0.1) is 20.8 Å². The Hall–Kier alpha value is -4.31. The molecule has 4 rings (SSSR count). The van der Waals surface area contributed by atoms with E-state index in [-0.39, 0.29) is 11.7 Å². The number of aromatic nitrogens is 3. The molecule has 0 unspecified atom stereocenters. The first-order valence-electron chi connectivity index (χ1n) is 12.2. The van der Waals surface area contributed by atoms with E-state index >= 15 is 0 Å². The summed E-state index contributed by atoms with van der Waals surface area (Å²) in [5.74, 6) is 1.89. The number of amides is 1. The van der Waals surface area contributed by atoms with Crippen LogP contribution < -0.4 is 19.6 Å². The number of rotatable bonds is 10. The summed E-state index contributed by atoms with van der Waals surface area (Å²) < 4.78 is 18.4. The van der Waals surface area contributed by atoms with Gasteiger partial charge in [-0.3, -0.25) is 9.36 Å². The second-order valence-electron chi connectivity index (χ2n) is 8.79. The molecule has 0 aliphatic rings. The topological polar surface area (TPSA) is 99.9 Å². The van der Waals surface area contributed by atoms with Crippen LogP contribution in [0.15, 0.2) is 64.9 Å². The van der Waals surface area contributed by atoms with Gasteiger partial charge in [0.1, 0.15) is 0 Å². The van der Waals surface area contributed by atoms with Gasteiger partial charge in [0.05, 0.1) is 33.3 Å². The highest BCUT2D eigenvalue weighted by Crippen LogP contribution is 2.41. The van der Waals surface area contributed by atoms with Crippen molar-refractivity contribution in [2.75, 3.05) is 27.1 Å². The van der Waals surface area contributed by atoms with E-state index in [1.165, 1.54) is 17.3 Å². The van der Waals surface area contributed by atoms with Crippen molar-refractivity contribution in [2.45, 2.75) is 25.9 Å². The van der Waals surface area contributed by atoms with Crippen molar-refractivity contribution in [3.63, 3.8) is 0 Å². The normalized spacial score (nSPS) is 11.0. The molecule has 0 aliphatic heterocycles. The number of nitrogens with zero attached hydrogens (tertiary/aromatic N) is 4. The number of hydrazone groups is 1. The second-order valence-corrected chi connectivity index (χ2v) is 9.73. The number of carbonyl (C=O) groups is 1. The lowest BCUT2D eigenvalue weighted by molar-refractivity contribution is -0.118. The van der Waals surface area contributed by atoms with E-state index in [4.69, 9.17) is 14.2 Å². The van der Waals surface area contributed by atoms with Crippen molar-refractivity contribution < 1.29 is 19.0 Å². The van der Waals surface area contributed by atoms with Crippen LogP contribution in [-0.4, -0.2) is 54.0 Å². The molecule has 3 aromatic carbocycles. The molecular weight excluding hydrogens is 514 g/mol. The first-order valence-corrected chi connectivity index (χ1v) is 13.2. The van der Waals surface area contributed by atoms with Gasteiger partial charge in [0.2, 0.25) is 5.75 Å². The predicted octanol–water partition coefficient (Wildman–Crippen LogP) is 5.13. The number of benzene rings is 3. The van der Waals surface area contributed by atoms with Crippen LogP contribution in [0.1, 0.15) is 22.3 Å². The Morgan fingerprint density at radius 3 is 2.18 bits per heavy atom. The fraction of sp³-hybridized carbons (Fsp3) is 0.241. The summed E-state index contributed by atoms with van der Waals surface area (Å²) in [4.78, 5) is 12.6. The number of hydrogen-bond donors (Lipinski definition) is 1. The third-order valence-corrected chi connectivity index (χ3v) is 6.95. The van der Waals surface area contributed by atoms with Crippen LogP contribution in [0.4, 0.5) is 0 Å². The van der Waals surface area contributed by atoms with Gasteiger partial charge < -0.3 is 14.2 Å². The van der Waals surface area contributed by atoms with Crippen LogP contribution in [0.2, 0.25) is 0 Å². The molecule has 1 heterocycles. The van der Waals surface area contributed by atoms with Gasteiger partial charge in [-0.05, 0) is 56.2 Å². The summed E-state index contributed by atoms with van der Waals surface area (Å²) in [5, 5.41) is 13.6. The predicted molar refractivity (Wildman–Crippen MR) is 154 cm³/mol. The van der Waals surface area contributed by atoms with Crippen molar-refractivity contribution in [2.24, 2.45) is 5.10 Å². The van der Waals surface area contributed by atoms with E-state index < -0.39 is 0 Å². The third-order valence-electron chi connectivity index (χ3n) is 6.02. The third kappa shape index (κ3) is 6.23. The fourth-order valence-electron chi connectivity index (χ4n) is 4.30. The maximum atomic E-state index is 12.6. The number of aryl methyl sites for hydroxylation is 3. The zero-order valence-electron chi connectivity index (χ0n) is 22.8. The zero-order chi connectivity index (χ0) is 27.9. The molecule has 0 saturated heterocycles. The standard InChI is InChI=1S/C29H31N5O4S/c1-18-12-19(2)23(20(3)13-18)16-30-31-26(35)17-39-29-33-32-28(34(29)22-10-8-7-9-11-22)21-14-24(36-4)27(38-6)25(15-21)37-5/h7-16H,17H2,1-6H3,(H,31,35)/b30-16+. The van der Waals surface area contributed by atoms with Gasteiger partial charge in [0.15, 0.2) is 22.5 Å². The van der Waals surface area contributed by atoms with Crippen molar-refractivity contribution in [1.82, 2.24) is 20.2 Å². The molecule has 202 valence electrons. The average molecular weight is 546 g/mol. The first kappa shape index (κ1) is 27.7. The van der Waals surface area contributed by atoms with Gasteiger partial charge in [-0.2, -0.15) is 5.10 Å². The summed E-state index contributed by atoms with van der Waals surface area (Å²) in [6, 6.07) is 17.5. The summed E-state index contributed by atoms with van der Waals surface area (Å²) >= 11 is 1.26. The van der Waals surface area contributed by atoms with Gasteiger partial charge in [-0.25, -0.2) is 5.43 Å². The lowest BCUT2D eigenvalue weighted by Crippen LogP contribution is -2.20. The lowest BCUT2D eigenvalue weighted by Gasteiger charge is -2.15. The van der Waals surface area contributed by atoms with Gasteiger partial charge in [0, 0.05) is 16.8 Å². The van der Waals surface area contributed by atoms with E-state index in [0.29, 0.717) is 33.8 Å². The monoisotopic (exact) mass is 545 g/mol. The second kappa shape index (κ2) is 12.5. The molecule has 0 radical (unpaired) electrons. The quantitative estimate of drug-likeness (QED) is 0.168. The van der Waals surface area contributed by atoms with Crippen molar-refractivity contribution in [3.8, 4) is 34.3 Å². The number of carbonyl (C=O) groups excluding carboxylic acids is 1. The van der Waals surface area contributed by atoms with E-state index in [1.807, 2.05) is 60.9 Å². The molecule has 0 aliphatic carbocycles. The van der Waals surface area contributed by atoms with Gasteiger partial charge in [-0.1, -0.05) is 47.7 Å². The van der Waals surface area contributed by atoms with Crippen LogP contribution in [0.25, 0.3) is 17.1 Å². The van der Waals surface area contributed by atoms with Gasteiger partial charge >= 0.3 is 0 Å². The number of para-hydroxylation sites is 1. The summed E-state index contributed by atoms with van der Waals surface area (Å²) in [6.07, 6.45) is 1.68. The number of ether oxygens (including phenoxy) is 3. The average Bonchev–Trinajstić information content (AvgIpc) is 3.36. The number of hydrogen-bond acceptors (Lipinski definition) is 8. The molecule has 4 aromatic rings. The Morgan fingerprint density at radius 2 is 1.59 bits per heavy atom. The maximum absolute atomic E-state index is 12.6. The first-order chi connectivity index (χ1) is 18.9. The minimum Gasteiger partial charge on any atom is -0.493 e. The van der Waals surface area contributed by atoms with E-state index in [9.17, 15) is 4.79 Å². The molecular formula is C29H31N5O4S. The molecule has 10 heteroatoms. The van der Waals surface area contributed by atoms with Crippen LogP contribution in [-0.2, 0) is 4.79 Å². The zero-order valence-corrected chi connectivity index (χ0v) is 23.6. The number of methoxy groups -OCH3 is 3. The van der Waals surface area contributed by atoms with Crippen LogP contribution in [0.5, 0.6) is 17.2 Å². The highest BCUT2D eigenvalue weighted by atomic mass is 32.2. The van der Waals surface area contributed by atoms with E-state index in [1.54, 1.807) is 27.5 Å². The Morgan fingerprint density at radius 1 is 0.949 bits per heavy atom. The molecule has 9 nitrogen and oxygen atoms in total. The summed E-state index contributed by atoms with van der Waals surface area (Å²) in [5.41, 5.74) is 8.57. The number of nitrogens with one attached hydrogen (secondary N) is 1. The molecule has 1 N–H and O–H groups in total. The van der Waals surface area contributed by atoms with Crippen molar-refractivity contribution >= 4 is 23.9 Å². The summed E-state index contributed by atoms with van der Waals surface area (Å²) in [6.45, 7) is 6.11. The van der Waals surface area contributed by atoms with Crippen LogP contribution in [0.3, 0.4) is 0 Å². The molecule has 39 heavy (non-hydrogen) atoms. The molecule has 0 atom stereocenters. The van der Waals surface area contributed by atoms with Gasteiger partial charge in [-0.15, -0.1) is 10.2 Å². The minimum absolute atomic E-state index is 0.101. The smallest absolute Gasteiger partial charge is 0.250 e. The summed E-state index contributed by atoms with van der Waals surface area (Å²) in [7, 11) is 4.68.